The van der Waals surface area contributed by atoms with Crippen molar-refractivity contribution in [2.45, 2.75) is 20.0 Å². The number of hydrogen-bond donors (Lipinski definition) is 3. The molecule has 3 N–H and O–H groups in total. The van der Waals surface area contributed by atoms with Gasteiger partial charge < -0.3 is 20.3 Å². The molecule has 0 aliphatic rings. The predicted octanol–water partition coefficient (Wildman–Crippen LogP) is -0.197. The maximum absolute atomic E-state index is 11.4. The van der Waals surface area contributed by atoms with Crippen molar-refractivity contribution < 1.29 is 19.7 Å². The predicted molar refractivity (Wildman–Crippen MR) is 64.1 cm³/mol. The minimum absolute atomic E-state index is 0.0558. The second-order valence-electron chi connectivity index (χ2n) is 4.07. The molecule has 1 aromatic heterocycles. The first-order chi connectivity index (χ1) is 8.52. The maximum atomic E-state index is 11.4. The topological polar surface area (TPSA) is 105 Å². The Kier molecular flexibility index (Phi) is 5.47. The van der Waals surface area contributed by atoms with Gasteiger partial charge in [-0.05, 0) is 0 Å². The second-order valence-corrected chi connectivity index (χ2v) is 4.07. The molecule has 0 aromatic carbocycles. The van der Waals surface area contributed by atoms with Crippen molar-refractivity contribution in [2.24, 2.45) is 5.92 Å². The number of hydrogen-bond acceptors (Lipinski definition) is 6. The van der Waals surface area contributed by atoms with Gasteiger partial charge in [-0.25, -0.2) is 0 Å². The van der Waals surface area contributed by atoms with Crippen LogP contribution in [0.4, 0.5) is 5.82 Å². The van der Waals surface area contributed by atoms with Gasteiger partial charge in [0.15, 0.2) is 5.82 Å². The lowest BCUT2D eigenvalue weighted by atomic mass is 10.2. The first-order valence-electron chi connectivity index (χ1n) is 5.58. The minimum Gasteiger partial charge on any atom is -0.489 e. The number of carbonyl (C=O) groups excluding carboxylic acids is 1. The Morgan fingerprint density at radius 1 is 1.56 bits per heavy atom. The summed E-state index contributed by atoms with van der Waals surface area (Å²) in [4.78, 5) is 11.4. The molecule has 1 atom stereocenters. The van der Waals surface area contributed by atoms with Crippen LogP contribution in [-0.2, 0) is 4.79 Å². The fourth-order valence-corrected chi connectivity index (χ4v) is 1.00. The molecule has 0 aliphatic heterocycles. The van der Waals surface area contributed by atoms with Gasteiger partial charge in [-0.15, -0.1) is 5.10 Å². The van der Waals surface area contributed by atoms with Crippen LogP contribution in [0, 0.1) is 5.92 Å². The Balaban J connectivity index is 2.59. The molecule has 7 nitrogen and oxygen atoms in total. The van der Waals surface area contributed by atoms with Crippen molar-refractivity contribution in [1.29, 1.82) is 0 Å². The number of carbonyl (C=O) groups is 1. The molecule has 1 aromatic rings. The van der Waals surface area contributed by atoms with Gasteiger partial charge in [0.2, 0.25) is 5.91 Å². The molecule has 0 fully saturated rings. The molecule has 7 heteroatoms. The van der Waals surface area contributed by atoms with Crippen LogP contribution in [0.3, 0.4) is 0 Å². The van der Waals surface area contributed by atoms with E-state index in [1.165, 1.54) is 12.3 Å². The summed E-state index contributed by atoms with van der Waals surface area (Å²) in [7, 11) is 0. The SMILES string of the molecule is CC(C)C(=O)Nc1cc(OC[C@H](O)CO)cnn1. The molecule has 1 rings (SSSR count). The number of rotatable bonds is 6. The zero-order valence-corrected chi connectivity index (χ0v) is 10.3. The quantitative estimate of drug-likeness (QED) is 0.650. The summed E-state index contributed by atoms with van der Waals surface area (Å²) in [6.45, 7) is 3.09. The maximum Gasteiger partial charge on any atom is 0.228 e. The fraction of sp³-hybridized carbons (Fsp3) is 0.545. The van der Waals surface area contributed by atoms with E-state index in [1.54, 1.807) is 13.8 Å². The molecule has 18 heavy (non-hydrogen) atoms. The Morgan fingerprint density at radius 2 is 2.28 bits per heavy atom. The van der Waals surface area contributed by atoms with Gasteiger partial charge >= 0.3 is 0 Å². The molecule has 0 unspecified atom stereocenters. The van der Waals surface area contributed by atoms with E-state index < -0.39 is 6.10 Å². The van der Waals surface area contributed by atoms with Gasteiger partial charge in [0.25, 0.3) is 0 Å². The lowest BCUT2D eigenvalue weighted by Gasteiger charge is -2.10. The molecule has 0 spiro atoms. The number of aliphatic hydroxyl groups is 2. The van der Waals surface area contributed by atoms with Gasteiger partial charge in [0, 0.05) is 12.0 Å². The van der Waals surface area contributed by atoms with Crippen LogP contribution < -0.4 is 10.1 Å². The van der Waals surface area contributed by atoms with E-state index in [9.17, 15) is 4.79 Å². The standard InChI is InChI=1S/C11H17N3O4/c1-7(2)11(17)13-10-3-9(4-12-14-10)18-6-8(16)5-15/h3-4,7-8,15-16H,5-6H2,1-2H3,(H,13,14,17)/t8-/m1/s1. The summed E-state index contributed by atoms with van der Waals surface area (Å²) < 4.78 is 5.18. The van der Waals surface area contributed by atoms with Crippen molar-refractivity contribution in [3.8, 4) is 5.75 Å². The first-order valence-corrected chi connectivity index (χ1v) is 5.58. The Bertz CT molecular complexity index is 398. The first kappa shape index (κ1) is 14.3. The van der Waals surface area contributed by atoms with Gasteiger partial charge in [-0.3, -0.25) is 4.79 Å². The van der Waals surface area contributed by atoms with Crippen molar-refractivity contribution in [1.82, 2.24) is 10.2 Å². The number of ether oxygens (including phenoxy) is 1. The van der Waals surface area contributed by atoms with Gasteiger partial charge in [0.05, 0.1) is 12.8 Å². The highest BCUT2D eigenvalue weighted by Crippen LogP contribution is 2.13. The van der Waals surface area contributed by atoms with E-state index in [0.29, 0.717) is 5.75 Å². The van der Waals surface area contributed by atoms with Crippen molar-refractivity contribution >= 4 is 11.7 Å². The molecular formula is C11H17N3O4. The molecule has 0 bridgehead atoms. The van der Waals surface area contributed by atoms with Crippen molar-refractivity contribution in [3.05, 3.63) is 12.3 Å². The molecule has 0 saturated carbocycles. The van der Waals surface area contributed by atoms with E-state index in [1.807, 2.05) is 0 Å². The Hall–Kier alpha value is -1.73. The van der Waals surface area contributed by atoms with E-state index in [-0.39, 0.29) is 30.9 Å². The van der Waals surface area contributed by atoms with E-state index in [0.717, 1.165) is 0 Å². The second kappa shape index (κ2) is 6.87. The number of anilines is 1. The van der Waals surface area contributed by atoms with Crippen LogP contribution >= 0.6 is 0 Å². The Labute approximate surface area is 105 Å². The highest BCUT2D eigenvalue weighted by Gasteiger charge is 2.09. The van der Waals surface area contributed by atoms with Crippen LogP contribution in [0.5, 0.6) is 5.75 Å². The molecule has 100 valence electrons. The van der Waals surface area contributed by atoms with Crippen LogP contribution in [-0.4, -0.2) is 45.6 Å². The third kappa shape index (κ3) is 4.64. The van der Waals surface area contributed by atoms with Crippen LogP contribution in [0.2, 0.25) is 0 Å². The highest BCUT2D eigenvalue weighted by molar-refractivity contribution is 5.91. The average molecular weight is 255 g/mol. The number of aromatic nitrogens is 2. The molecule has 1 heterocycles. The zero-order valence-electron chi connectivity index (χ0n) is 10.3. The summed E-state index contributed by atoms with van der Waals surface area (Å²) in [5.41, 5.74) is 0. The van der Waals surface area contributed by atoms with Crippen LogP contribution in [0.15, 0.2) is 12.3 Å². The summed E-state index contributed by atoms with van der Waals surface area (Å²) in [5.74, 6) is 0.311. The number of amides is 1. The average Bonchev–Trinajstić information content (AvgIpc) is 2.36. The van der Waals surface area contributed by atoms with Gasteiger partial charge in [-0.1, -0.05) is 13.8 Å². The number of nitrogens with one attached hydrogen (secondary N) is 1. The van der Waals surface area contributed by atoms with E-state index in [2.05, 4.69) is 15.5 Å². The van der Waals surface area contributed by atoms with E-state index in [4.69, 9.17) is 14.9 Å². The molecule has 0 aliphatic carbocycles. The van der Waals surface area contributed by atoms with Gasteiger partial charge in [0.1, 0.15) is 18.5 Å². The number of nitrogens with zero attached hydrogens (tertiary/aromatic N) is 2. The Morgan fingerprint density at radius 3 is 2.89 bits per heavy atom. The lowest BCUT2D eigenvalue weighted by molar-refractivity contribution is -0.118. The monoisotopic (exact) mass is 255 g/mol. The van der Waals surface area contributed by atoms with Crippen LogP contribution in [0.1, 0.15) is 13.8 Å². The molecule has 0 radical (unpaired) electrons. The van der Waals surface area contributed by atoms with Crippen molar-refractivity contribution in [2.75, 3.05) is 18.5 Å². The molecule has 1 amide bonds. The zero-order chi connectivity index (χ0) is 13.5. The summed E-state index contributed by atoms with van der Waals surface area (Å²) in [5, 5.41) is 27.7. The molecular weight excluding hydrogens is 238 g/mol. The third-order valence-electron chi connectivity index (χ3n) is 2.06. The lowest BCUT2D eigenvalue weighted by Crippen LogP contribution is -2.22. The fourth-order valence-electron chi connectivity index (χ4n) is 1.00. The summed E-state index contributed by atoms with van der Waals surface area (Å²) in [6.07, 6.45) is 0.404. The van der Waals surface area contributed by atoms with Gasteiger partial charge in [-0.2, -0.15) is 5.10 Å². The summed E-state index contributed by atoms with van der Waals surface area (Å²) in [6, 6.07) is 1.50. The smallest absolute Gasteiger partial charge is 0.228 e. The van der Waals surface area contributed by atoms with Crippen molar-refractivity contribution in [3.63, 3.8) is 0 Å². The largest absolute Gasteiger partial charge is 0.489 e. The van der Waals surface area contributed by atoms with Crippen LogP contribution in [0.25, 0.3) is 0 Å². The number of aliphatic hydroxyl groups excluding tert-OH is 2. The third-order valence-corrected chi connectivity index (χ3v) is 2.06. The normalized spacial score (nSPS) is 12.3. The minimum atomic E-state index is -0.952. The molecule has 0 saturated heterocycles. The van der Waals surface area contributed by atoms with E-state index >= 15 is 0 Å². The highest BCUT2D eigenvalue weighted by atomic mass is 16.5. The summed E-state index contributed by atoms with van der Waals surface area (Å²) >= 11 is 0.